The van der Waals surface area contributed by atoms with Crippen molar-refractivity contribution < 1.29 is 40.2 Å². The zero-order chi connectivity index (χ0) is 30.4. The van der Waals surface area contributed by atoms with Crippen LogP contribution in [-0.4, -0.2) is 51.0 Å². The van der Waals surface area contributed by atoms with E-state index in [9.17, 15) is 35.5 Å². The number of aliphatic hydroxyl groups is 1. The molecule has 0 saturated heterocycles. The van der Waals surface area contributed by atoms with Crippen LogP contribution in [0.1, 0.15) is 42.5 Å². The average molecular weight is 600 g/mol. The van der Waals surface area contributed by atoms with Gasteiger partial charge in [0, 0.05) is 43.5 Å². The molecule has 0 aromatic heterocycles. The number of sulfone groups is 1. The molecule has 0 heterocycles. The molecule has 11 heteroatoms. The first-order valence-electron chi connectivity index (χ1n) is 13.0. The number of benzene rings is 3. The summed E-state index contributed by atoms with van der Waals surface area (Å²) in [5.41, 5.74) is -0.713. The lowest BCUT2D eigenvalue weighted by Crippen LogP contribution is -2.38. The van der Waals surface area contributed by atoms with Crippen LogP contribution in [0.3, 0.4) is 0 Å². The Morgan fingerprint density at radius 1 is 0.951 bits per heavy atom. The van der Waals surface area contributed by atoms with Crippen molar-refractivity contribution >= 4 is 9.84 Å². The fraction of sp³-hybridized carbons (Fsp3) is 0.400. The first-order valence-corrected chi connectivity index (χ1v) is 14.9. The van der Waals surface area contributed by atoms with Crippen LogP contribution in [0.2, 0.25) is 0 Å². The molecule has 0 saturated carbocycles. The van der Waals surface area contributed by atoms with Crippen LogP contribution < -0.4 is 4.74 Å². The molecule has 0 spiro atoms. The predicted molar refractivity (Wildman–Crippen MR) is 147 cm³/mol. The van der Waals surface area contributed by atoms with Gasteiger partial charge in [-0.15, -0.1) is 0 Å². The Morgan fingerprint density at radius 3 is 2.24 bits per heavy atom. The molecule has 0 aliphatic carbocycles. The van der Waals surface area contributed by atoms with Crippen molar-refractivity contribution in [3.8, 4) is 5.75 Å². The van der Waals surface area contributed by atoms with Crippen LogP contribution in [0.15, 0.2) is 65.6 Å². The van der Waals surface area contributed by atoms with E-state index in [1.54, 1.807) is 24.3 Å². The minimum Gasteiger partial charge on any atom is -0.494 e. The van der Waals surface area contributed by atoms with Crippen LogP contribution in [0.5, 0.6) is 5.75 Å². The van der Waals surface area contributed by atoms with Gasteiger partial charge >= 0.3 is 6.18 Å². The molecular formula is C30H34F5NO4S. The van der Waals surface area contributed by atoms with Gasteiger partial charge in [-0.3, -0.25) is 4.90 Å². The maximum atomic E-state index is 14.9. The lowest BCUT2D eigenvalue weighted by Gasteiger charge is -2.33. The zero-order valence-electron chi connectivity index (χ0n) is 23.1. The van der Waals surface area contributed by atoms with E-state index >= 15 is 0 Å². The highest BCUT2D eigenvalue weighted by atomic mass is 32.2. The molecule has 0 aliphatic rings. The molecule has 3 rings (SSSR count). The number of rotatable bonds is 13. The molecule has 0 unspecified atom stereocenters. The van der Waals surface area contributed by atoms with Gasteiger partial charge in [0.15, 0.2) is 9.84 Å². The lowest BCUT2D eigenvalue weighted by atomic mass is 9.84. The second-order valence-electron chi connectivity index (χ2n) is 10.6. The lowest BCUT2D eigenvalue weighted by molar-refractivity contribution is -0.140. The Morgan fingerprint density at radius 2 is 1.63 bits per heavy atom. The third-order valence-corrected chi connectivity index (χ3v) is 7.91. The monoisotopic (exact) mass is 599 g/mol. The highest BCUT2D eigenvalue weighted by Gasteiger charge is 2.35. The third-order valence-electron chi connectivity index (χ3n) is 6.73. The summed E-state index contributed by atoms with van der Waals surface area (Å²) in [6.07, 6.45) is -3.19. The van der Waals surface area contributed by atoms with Crippen LogP contribution in [0.25, 0.3) is 0 Å². The minimum absolute atomic E-state index is 0.0618. The number of ether oxygens (including phenoxy) is 1. The van der Waals surface area contributed by atoms with Crippen molar-refractivity contribution in [3.05, 3.63) is 94.6 Å². The molecule has 41 heavy (non-hydrogen) atoms. The van der Waals surface area contributed by atoms with E-state index in [1.165, 1.54) is 30.3 Å². The number of hydrogen-bond acceptors (Lipinski definition) is 5. The first kappa shape index (κ1) is 32.5. The fourth-order valence-electron chi connectivity index (χ4n) is 4.70. The van der Waals surface area contributed by atoms with E-state index in [4.69, 9.17) is 4.74 Å². The Balaban J connectivity index is 1.78. The summed E-state index contributed by atoms with van der Waals surface area (Å²) in [4.78, 5) is 1.88. The van der Waals surface area contributed by atoms with Crippen molar-refractivity contribution in [2.24, 2.45) is 0 Å². The number of nitrogens with zero attached hydrogens (tertiary/aromatic N) is 1. The van der Waals surface area contributed by atoms with Gasteiger partial charge < -0.3 is 9.84 Å². The van der Waals surface area contributed by atoms with Gasteiger partial charge in [-0.05, 0) is 54.3 Å². The normalized spacial score (nSPS) is 12.6. The molecule has 0 atom stereocenters. The Hall–Kier alpha value is -3.02. The maximum absolute atomic E-state index is 14.9. The molecule has 224 valence electrons. The summed E-state index contributed by atoms with van der Waals surface area (Å²) in [5.74, 6) is -1.40. The highest BCUT2D eigenvalue weighted by Crippen LogP contribution is 2.33. The van der Waals surface area contributed by atoms with E-state index in [-0.39, 0.29) is 36.6 Å². The SMILES string of the molecule is CC(C)(CN(CCCOc1ccc(CCO)c(S(C)(=O)=O)c1)Cc1cccc(C(F)(F)F)c1F)c1ccc(F)cc1. The van der Waals surface area contributed by atoms with Gasteiger partial charge in [0.1, 0.15) is 17.4 Å². The average Bonchev–Trinajstić information content (AvgIpc) is 2.87. The molecule has 0 radical (unpaired) electrons. The second-order valence-corrected chi connectivity index (χ2v) is 12.6. The number of halogens is 5. The minimum atomic E-state index is -4.83. The third kappa shape index (κ3) is 8.98. The van der Waals surface area contributed by atoms with E-state index in [0.717, 1.165) is 11.8 Å². The van der Waals surface area contributed by atoms with E-state index in [2.05, 4.69) is 0 Å². The summed E-state index contributed by atoms with van der Waals surface area (Å²) in [6, 6.07) is 13.7. The molecule has 1 N–H and O–H groups in total. The standard InChI is InChI=1S/C30H34F5NO4S/c1-29(2,23-9-11-24(31)12-10-23)20-36(19-22-6-4-7-26(28(22)32)30(33,34)35)15-5-17-40-25-13-8-21(14-16-37)27(18-25)41(3,38)39/h4,6-13,18,37H,5,14-17,19-20H2,1-3H3. The Labute approximate surface area is 237 Å². The van der Waals surface area contributed by atoms with Gasteiger partial charge in [-0.25, -0.2) is 17.2 Å². The summed E-state index contributed by atoms with van der Waals surface area (Å²) in [6.45, 7) is 4.30. The topological polar surface area (TPSA) is 66.8 Å². The van der Waals surface area contributed by atoms with Crippen LogP contribution in [0, 0.1) is 11.6 Å². The van der Waals surface area contributed by atoms with Gasteiger partial charge in [0.2, 0.25) is 0 Å². The van der Waals surface area contributed by atoms with E-state index in [0.29, 0.717) is 36.9 Å². The molecular weight excluding hydrogens is 565 g/mol. The summed E-state index contributed by atoms with van der Waals surface area (Å²) in [5, 5.41) is 9.22. The predicted octanol–water partition coefficient (Wildman–Crippen LogP) is 6.17. The summed E-state index contributed by atoms with van der Waals surface area (Å²) >= 11 is 0. The summed E-state index contributed by atoms with van der Waals surface area (Å²) in [7, 11) is -3.56. The second kappa shape index (κ2) is 13.3. The zero-order valence-corrected chi connectivity index (χ0v) is 24.0. The molecule has 3 aromatic carbocycles. The van der Waals surface area contributed by atoms with Crippen LogP contribution in [-0.2, 0) is 34.4 Å². The fourth-order valence-corrected chi connectivity index (χ4v) is 5.68. The molecule has 0 aliphatic heterocycles. The first-order chi connectivity index (χ1) is 19.1. The smallest absolute Gasteiger partial charge is 0.419 e. The van der Waals surface area contributed by atoms with Gasteiger partial charge in [0.05, 0.1) is 17.1 Å². The van der Waals surface area contributed by atoms with E-state index < -0.39 is 38.6 Å². The molecule has 0 bridgehead atoms. The highest BCUT2D eigenvalue weighted by molar-refractivity contribution is 7.90. The molecule has 0 fully saturated rings. The van der Waals surface area contributed by atoms with Gasteiger partial charge in [-0.1, -0.05) is 44.2 Å². The van der Waals surface area contributed by atoms with Crippen molar-refractivity contribution in [3.63, 3.8) is 0 Å². The maximum Gasteiger partial charge on any atom is 0.419 e. The Kier molecular flexibility index (Phi) is 10.5. The van der Waals surface area contributed by atoms with Crippen molar-refractivity contribution in [2.45, 2.75) is 49.7 Å². The number of hydrogen-bond donors (Lipinski definition) is 1. The largest absolute Gasteiger partial charge is 0.494 e. The quantitative estimate of drug-likeness (QED) is 0.188. The van der Waals surface area contributed by atoms with Crippen molar-refractivity contribution in [2.75, 3.05) is 32.6 Å². The summed E-state index contributed by atoms with van der Waals surface area (Å²) < 4.78 is 98.5. The molecule has 3 aromatic rings. The van der Waals surface area contributed by atoms with E-state index in [1.807, 2.05) is 18.7 Å². The molecule has 0 amide bonds. The van der Waals surface area contributed by atoms with Crippen LogP contribution in [0.4, 0.5) is 22.0 Å². The van der Waals surface area contributed by atoms with Gasteiger partial charge in [-0.2, -0.15) is 13.2 Å². The number of aliphatic hydroxyl groups excluding tert-OH is 1. The van der Waals surface area contributed by atoms with Crippen LogP contribution >= 0.6 is 0 Å². The Bertz CT molecular complexity index is 1420. The van der Waals surface area contributed by atoms with Crippen molar-refractivity contribution in [1.29, 1.82) is 0 Å². The molecule has 5 nitrogen and oxygen atoms in total. The van der Waals surface area contributed by atoms with Crippen molar-refractivity contribution in [1.82, 2.24) is 4.90 Å². The van der Waals surface area contributed by atoms with Gasteiger partial charge in [0.25, 0.3) is 0 Å². The number of alkyl halides is 3.